The van der Waals surface area contributed by atoms with Crippen LogP contribution >= 0.6 is 0 Å². The van der Waals surface area contributed by atoms with Gasteiger partial charge in [0.15, 0.2) is 0 Å². The molecular formula is C15H20N2O3. The third-order valence-corrected chi connectivity index (χ3v) is 3.78. The largest absolute Gasteiger partial charge is 0.384 e. The van der Waals surface area contributed by atoms with E-state index in [0.717, 1.165) is 12.2 Å². The van der Waals surface area contributed by atoms with Gasteiger partial charge in [-0.15, -0.1) is 0 Å². The molecule has 0 bridgehead atoms. The molecule has 2 unspecified atom stereocenters. The quantitative estimate of drug-likeness (QED) is 0.865. The van der Waals surface area contributed by atoms with Crippen molar-refractivity contribution >= 4 is 11.6 Å². The minimum absolute atomic E-state index is 0.0123. The lowest BCUT2D eigenvalue weighted by molar-refractivity contribution is -0.124. The molecule has 2 aliphatic heterocycles. The van der Waals surface area contributed by atoms with Crippen molar-refractivity contribution in [2.24, 2.45) is 0 Å². The topological polar surface area (TPSA) is 59.6 Å². The Morgan fingerprint density at radius 2 is 2.25 bits per heavy atom. The molecule has 5 nitrogen and oxygen atoms in total. The molecule has 1 aromatic rings. The summed E-state index contributed by atoms with van der Waals surface area (Å²) in [5, 5.41) is 6.27. The van der Waals surface area contributed by atoms with Crippen molar-refractivity contribution in [3.05, 3.63) is 29.8 Å². The molecule has 0 saturated carbocycles. The average molecular weight is 276 g/mol. The van der Waals surface area contributed by atoms with Gasteiger partial charge < -0.3 is 20.1 Å². The normalized spacial score (nSPS) is 24.8. The fourth-order valence-electron chi connectivity index (χ4n) is 2.72. The van der Waals surface area contributed by atoms with Crippen molar-refractivity contribution in [2.45, 2.75) is 18.4 Å². The van der Waals surface area contributed by atoms with Gasteiger partial charge in [0.1, 0.15) is 0 Å². The molecule has 0 aliphatic carbocycles. The second kappa shape index (κ2) is 6.24. The molecule has 108 valence electrons. The van der Waals surface area contributed by atoms with Crippen molar-refractivity contribution in [2.75, 3.05) is 38.2 Å². The molecule has 2 N–H and O–H groups in total. The summed E-state index contributed by atoms with van der Waals surface area (Å²) in [7, 11) is 0. The molecule has 2 aliphatic rings. The molecule has 1 amide bonds. The van der Waals surface area contributed by atoms with E-state index in [2.05, 4.69) is 22.8 Å². The first-order valence-corrected chi connectivity index (χ1v) is 7.12. The van der Waals surface area contributed by atoms with Gasteiger partial charge in [0.25, 0.3) is 0 Å². The maximum atomic E-state index is 12.0. The van der Waals surface area contributed by atoms with Crippen LogP contribution in [0.15, 0.2) is 24.3 Å². The molecule has 20 heavy (non-hydrogen) atoms. The van der Waals surface area contributed by atoms with Gasteiger partial charge in [0.2, 0.25) is 5.91 Å². The number of hydrogen-bond acceptors (Lipinski definition) is 4. The van der Waals surface area contributed by atoms with Gasteiger partial charge in [-0.2, -0.15) is 0 Å². The van der Waals surface area contributed by atoms with Crippen LogP contribution < -0.4 is 10.6 Å². The van der Waals surface area contributed by atoms with Crippen LogP contribution in [0.25, 0.3) is 0 Å². The maximum Gasteiger partial charge on any atom is 0.220 e. The number of carbonyl (C=O) groups is 1. The summed E-state index contributed by atoms with van der Waals surface area (Å²) in [4.78, 5) is 12.0. The van der Waals surface area contributed by atoms with E-state index in [0.29, 0.717) is 32.8 Å². The highest BCUT2D eigenvalue weighted by Gasteiger charge is 2.24. The molecule has 2 atom stereocenters. The first kappa shape index (κ1) is 13.4. The Morgan fingerprint density at radius 1 is 1.35 bits per heavy atom. The number of hydrogen-bond donors (Lipinski definition) is 2. The molecular weight excluding hydrogens is 256 g/mol. The first-order valence-electron chi connectivity index (χ1n) is 7.12. The average Bonchev–Trinajstić information content (AvgIpc) is 2.90. The van der Waals surface area contributed by atoms with E-state index in [1.165, 1.54) is 5.56 Å². The van der Waals surface area contributed by atoms with E-state index < -0.39 is 0 Å². The fourth-order valence-corrected chi connectivity index (χ4v) is 2.72. The fraction of sp³-hybridized carbons (Fsp3) is 0.533. The van der Waals surface area contributed by atoms with E-state index in [1.807, 2.05) is 12.1 Å². The third-order valence-electron chi connectivity index (χ3n) is 3.78. The second-order valence-electron chi connectivity index (χ2n) is 5.24. The Kier molecular flexibility index (Phi) is 4.18. The van der Waals surface area contributed by atoms with Crippen molar-refractivity contribution in [3.63, 3.8) is 0 Å². The first-order chi connectivity index (χ1) is 9.83. The summed E-state index contributed by atoms with van der Waals surface area (Å²) in [6.07, 6.45) is 0.499. The van der Waals surface area contributed by atoms with Gasteiger partial charge in [-0.05, 0) is 11.6 Å². The Balaban J connectivity index is 1.47. The zero-order valence-corrected chi connectivity index (χ0v) is 11.4. The lowest BCUT2D eigenvalue weighted by Crippen LogP contribution is -2.40. The van der Waals surface area contributed by atoms with Gasteiger partial charge in [-0.25, -0.2) is 0 Å². The monoisotopic (exact) mass is 276 g/mol. The van der Waals surface area contributed by atoms with E-state index in [-0.39, 0.29) is 17.9 Å². The third kappa shape index (κ3) is 3.11. The van der Waals surface area contributed by atoms with Crippen LogP contribution in [-0.2, 0) is 14.3 Å². The van der Waals surface area contributed by atoms with Gasteiger partial charge in [-0.3, -0.25) is 4.79 Å². The van der Waals surface area contributed by atoms with Crippen molar-refractivity contribution in [3.8, 4) is 0 Å². The van der Waals surface area contributed by atoms with Crippen molar-refractivity contribution in [1.82, 2.24) is 5.32 Å². The highest BCUT2D eigenvalue weighted by molar-refractivity contribution is 5.78. The van der Waals surface area contributed by atoms with E-state index in [1.54, 1.807) is 0 Å². The Morgan fingerprint density at radius 3 is 3.10 bits per heavy atom. The summed E-state index contributed by atoms with van der Waals surface area (Å²) in [6.45, 7) is 3.18. The van der Waals surface area contributed by atoms with Crippen LogP contribution in [0.5, 0.6) is 0 Å². The molecule has 0 radical (unpaired) electrons. The number of rotatable bonds is 4. The number of fused-ring (bicyclic) bond motifs is 1. The summed E-state index contributed by atoms with van der Waals surface area (Å²) >= 11 is 0. The number of ether oxygens (including phenoxy) is 2. The number of para-hydroxylation sites is 1. The number of amides is 1. The zero-order chi connectivity index (χ0) is 13.8. The summed E-state index contributed by atoms with van der Waals surface area (Å²) in [5.41, 5.74) is 2.38. The molecule has 5 heteroatoms. The van der Waals surface area contributed by atoms with Crippen LogP contribution in [0.1, 0.15) is 17.9 Å². The van der Waals surface area contributed by atoms with E-state index in [4.69, 9.17) is 9.47 Å². The van der Waals surface area contributed by atoms with Crippen molar-refractivity contribution in [1.29, 1.82) is 0 Å². The minimum Gasteiger partial charge on any atom is -0.384 e. The van der Waals surface area contributed by atoms with Crippen LogP contribution in [0.4, 0.5) is 5.69 Å². The molecule has 0 spiro atoms. The molecule has 3 rings (SSSR count). The number of benzene rings is 1. The number of carbonyl (C=O) groups excluding carboxylic acids is 1. The standard InChI is InChI=1S/C15H20N2O3/c18-15(17-9-12-10-19-5-6-20-12)7-11-8-16-14-4-2-1-3-13(11)14/h1-4,11-12,16H,5-10H2,(H,17,18). The van der Waals surface area contributed by atoms with Gasteiger partial charge in [0, 0.05) is 31.1 Å². The second-order valence-corrected chi connectivity index (χ2v) is 5.24. The summed E-state index contributed by atoms with van der Waals surface area (Å²) in [5.74, 6) is 0.331. The van der Waals surface area contributed by atoms with Gasteiger partial charge in [0.05, 0.1) is 25.9 Å². The Labute approximate surface area is 118 Å². The highest BCUT2D eigenvalue weighted by Crippen LogP contribution is 2.32. The number of nitrogens with one attached hydrogen (secondary N) is 2. The number of anilines is 1. The lowest BCUT2D eigenvalue weighted by Gasteiger charge is -2.23. The lowest BCUT2D eigenvalue weighted by atomic mass is 9.97. The van der Waals surface area contributed by atoms with Gasteiger partial charge >= 0.3 is 0 Å². The van der Waals surface area contributed by atoms with E-state index in [9.17, 15) is 4.79 Å². The Hall–Kier alpha value is -1.59. The highest BCUT2D eigenvalue weighted by atomic mass is 16.6. The van der Waals surface area contributed by atoms with Crippen LogP contribution in [0.3, 0.4) is 0 Å². The summed E-state index contributed by atoms with van der Waals surface area (Å²) < 4.78 is 10.8. The molecule has 1 aromatic carbocycles. The van der Waals surface area contributed by atoms with E-state index >= 15 is 0 Å². The SMILES string of the molecule is O=C(CC1CNc2ccccc21)NCC1COCCO1. The Bertz CT molecular complexity index is 472. The smallest absolute Gasteiger partial charge is 0.220 e. The van der Waals surface area contributed by atoms with Crippen LogP contribution in [0.2, 0.25) is 0 Å². The van der Waals surface area contributed by atoms with Crippen molar-refractivity contribution < 1.29 is 14.3 Å². The van der Waals surface area contributed by atoms with Crippen LogP contribution in [-0.4, -0.2) is 44.9 Å². The molecule has 2 heterocycles. The molecule has 1 saturated heterocycles. The summed E-state index contributed by atoms with van der Waals surface area (Å²) in [6, 6.07) is 8.17. The predicted molar refractivity (Wildman–Crippen MR) is 75.9 cm³/mol. The zero-order valence-electron chi connectivity index (χ0n) is 11.4. The maximum absolute atomic E-state index is 12.0. The molecule has 0 aromatic heterocycles. The van der Waals surface area contributed by atoms with Crippen LogP contribution in [0, 0.1) is 0 Å². The molecule has 1 fully saturated rings. The van der Waals surface area contributed by atoms with Gasteiger partial charge in [-0.1, -0.05) is 18.2 Å². The predicted octanol–water partition coefficient (Wildman–Crippen LogP) is 1.12. The minimum atomic E-state index is -0.0123.